The summed E-state index contributed by atoms with van der Waals surface area (Å²) in [6, 6.07) is 18.8. The van der Waals surface area contributed by atoms with Gasteiger partial charge in [0, 0.05) is 51.5 Å². The number of benzene rings is 3. The molecular formula is C30H34F3N3O3. The van der Waals surface area contributed by atoms with Gasteiger partial charge in [-0.1, -0.05) is 24.3 Å². The second-order valence-electron chi connectivity index (χ2n) is 10.3. The van der Waals surface area contributed by atoms with E-state index >= 15 is 0 Å². The molecule has 2 fully saturated rings. The molecule has 0 aliphatic carbocycles. The van der Waals surface area contributed by atoms with Crippen molar-refractivity contribution in [2.45, 2.75) is 37.4 Å². The predicted molar refractivity (Wildman–Crippen MR) is 143 cm³/mol. The van der Waals surface area contributed by atoms with E-state index in [1.165, 1.54) is 36.4 Å². The van der Waals surface area contributed by atoms with Crippen molar-refractivity contribution >= 4 is 5.69 Å². The molecule has 2 aliphatic rings. The summed E-state index contributed by atoms with van der Waals surface area (Å²) < 4.78 is 46.6. The Morgan fingerprint density at radius 3 is 1.69 bits per heavy atom. The minimum absolute atomic E-state index is 0.271. The van der Waals surface area contributed by atoms with Gasteiger partial charge in [-0.05, 0) is 59.7 Å². The third kappa shape index (κ3) is 6.80. The molecule has 0 radical (unpaired) electrons. The lowest BCUT2D eigenvalue weighted by Gasteiger charge is -2.42. The van der Waals surface area contributed by atoms with Crippen LogP contribution in [0.4, 0.5) is 18.9 Å². The fourth-order valence-corrected chi connectivity index (χ4v) is 5.64. The van der Waals surface area contributed by atoms with Crippen LogP contribution in [0.5, 0.6) is 0 Å². The molecule has 208 valence electrons. The normalized spacial score (nSPS) is 24.0. The Balaban J connectivity index is 1.31. The molecule has 3 aromatic rings. The van der Waals surface area contributed by atoms with Crippen LogP contribution in [0.3, 0.4) is 0 Å². The molecule has 0 aromatic heterocycles. The summed E-state index contributed by atoms with van der Waals surface area (Å²) in [6.07, 6.45) is -1.96. The summed E-state index contributed by atoms with van der Waals surface area (Å²) in [7, 11) is 0. The first-order valence-electron chi connectivity index (χ1n) is 13.3. The van der Waals surface area contributed by atoms with Crippen molar-refractivity contribution in [2.75, 3.05) is 44.2 Å². The maximum Gasteiger partial charge on any atom is 0.123 e. The van der Waals surface area contributed by atoms with Crippen molar-refractivity contribution < 1.29 is 28.1 Å². The molecule has 6 nitrogen and oxygen atoms in total. The van der Waals surface area contributed by atoms with Gasteiger partial charge in [0.05, 0.1) is 18.8 Å². The van der Waals surface area contributed by atoms with E-state index in [-0.39, 0.29) is 30.1 Å². The predicted octanol–water partition coefficient (Wildman–Crippen LogP) is 3.42. The van der Waals surface area contributed by atoms with Gasteiger partial charge in [-0.3, -0.25) is 9.80 Å². The molecule has 2 saturated heterocycles. The fourth-order valence-electron chi connectivity index (χ4n) is 5.64. The van der Waals surface area contributed by atoms with E-state index in [0.717, 1.165) is 16.8 Å². The molecule has 0 unspecified atom stereocenters. The number of nitrogens with zero attached hydrogens (tertiary/aromatic N) is 3. The number of rotatable bonds is 9. The lowest BCUT2D eigenvalue weighted by Crippen LogP contribution is -2.57. The Kier molecular flexibility index (Phi) is 8.84. The molecule has 0 saturated carbocycles. The third-order valence-electron chi connectivity index (χ3n) is 7.65. The molecule has 0 spiro atoms. The average Bonchev–Trinajstić information content (AvgIpc) is 3.26. The molecule has 2 N–H and O–H groups in total. The molecule has 4 atom stereocenters. The monoisotopic (exact) mass is 541 g/mol. The summed E-state index contributed by atoms with van der Waals surface area (Å²) >= 11 is 0. The Hall–Kier alpha value is -2.95. The highest BCUT2D eigenvalue weighted by Gasteiger charge is 2.47. The van der Waals surface area contributed by atoms with Gasteiger partial charge in [0.1, 0.15) is 29.7 Å². The number of halogens is 3. The van der Waals surface area contributed by atoms with Crippen molar-refractivity contribution in [1.82, 2.24) is 9.80 Å². The Bertz CT molecular complexity index is 1140. The molecular weight excluding hydrogens is 507 g/mol. The van der Waals surface area contributed by atoms with Crippen LogP contribution in [0.2, 0.25) is 0 Å². The topological polar surface area (TPSA) is 59.4 Å². The molecule has 39 heavy (non-hydrogen) atoms. The largest absolute Gasteiger partial charge is 0.394 e. The first-order valence-corrected chi connectivity index (χ1v) is 13.3. The van der Waals surface area contributed by atoms with E-state index in [2.05, 4.69) is 14.7 Å². The van der Waals surface area contributed by atoms with Gasteiger partial charge < -0.3 is 19.8 Å². The Labute approximate surface area is 226 Å². The summed E-state index contributed by atoms with van der Waals surface area (Å²) in [5, 5.41) is 21.1. The average molecular weight is 542 g/mol. The van der Waals surface area contributed by atoms with Gasteiger partial charge in [-0.2, -0.15) is 0 Å². The van der Waals surface area contributed by atoms with Gasteiger partial charge >= 0.3 is 0 Å². The highest BCUT2D eigenvalue weighted by molar-refractivity contribution is 5.46. The Morgan fingerprint density at radius 1 is 0.718 bits per heavy atom. The van der Waals surface area contributed by atoms with Crippen molar-refractivity contribution in [3.05, 3.63) is 101 Å². The lowest BCUT2D eigenvalue weighted by molar-refractivity contribution is -0.0325. The second-order valence-corrected chi connectivity index (χ2v) is 10.3. The zero-order valence-corrected chi connectivity index (χ0v) is 21.7. The number of piperazine rings is 1. The standard InChI is InChI=1S/C30H34F3N3O3/c31-23-5-1-21(2-6-23)17-34(18-22-3-7-24(32)8-4-22)19-27-29(30(38)28(20-37)39-27)36-15-13-35(14-16-36)26-11-9-25(33)10-12-26/h1-12,27-30,37-38H,13-20H2/t27-,28+,29+,30-/m1/s1. The molecule has 0 bridgehead atoms. The van der Waals surface area contributed by atoms with Crippen molar-refractivity contribution in [3.63, 3.8) is 0 Å². The van der Waals surface area contributed by atoms with Crippen LogP contribution in [0.25, 0.3) is 0 Å². The van der Waals surface area contributed by atoms with Gasteiger partial charge in [0.15, 0.2) is 0 Å². The number of anilines is 1. The van der Waals surface area contributed by atoms with Crippen LogP contribution in [-0.4, -0.2) is 83.7 Å². The molecule has 9 heteroatoms. The highest BCUT2D eigenvalue weighted by Crippen LogP contribution is 2.29. The van der Waals surface area contributed by atoms with E-state index in [1.54, 1.807) is 36.4 Å². The summed E-state index contributed by atoms with van der Waals surface area (Å²) in [5.41, 5.74) is 2.79. The smallest absolute Gasteiger partial charge is 0.123 e. The molecule has 2 heterocycles. The summed E-state index contributed by atoms with van der Waals surface area (Å²) in [4.78, 5) is 6.53. The fraction of sp³-hybridized carbons (Fsp3) is 0.400. The lowest BCUT2D eigenvalue weighted by atomic mass is 10.0. The first kappa shape index (κ1) is 27.6. The number of aliphatic hydroxyl groups excluding tert-OH is 2. The minimum Gasteiger partial charge on any atom is -0.394 e. The van der Waals surface area contributed by atoms with Crippen molar-refractivity contribution in [2.24, 2.45) is 0 Å². The number of ether oxygens (including phenoxy) is 1. The quantitative estimate of drug-likeness (QED) is 0.433. The van der Waals surface area contributed by atoms with E-state index in [9.17, 15) is 23.4 Å². The number of hydrogen-bond donors (Lipinski definition) is 2. The summed E-state index contributed by atoms with van der Waals surface area (Å²) in [5.74, 6) is -0.888. The van der Waals surface area contributed by atoms with Gasteiger partial charge in [-0.25, -0.2) is 13.2 Å². The van der Waals surface area contributed by atoms with Crippen LogP contribution in [0, 0.1) is 17.5 Å². The molecule has 3 aromatic carbocycles. The maximum atomic E-state index is 13.5. The number of aliphatic hydroxyl groups is 2. The van der Waals surface area contributed by atoms with E-state index < -0.39 is 18.3 Å². The zero-order chi connectivity index (χ0) is 27.4. The van der Waals surface area contributed by atoms with Gasteiger partial charge in [0.25, 0.3) is 0 Å². The van der Waals surface area contributed by atoms with Crippen LogP contribution in [0.15, 0.2) is 72.8 Å². The molecule has 5 rings (SSSR count). The van der Waals surface area contributed by atoms with E-state index in [0.29, 0.717) is 45.8 Å². The number of hydrogen-bond acceptors (Lipinski definition) is 6. The second kappa shape index (κ2) is 12.5. The van der Waals surface area contributed by atoms with Crippen LogP contribution < -0.4 is 4.90 Å². The van der Waals surface area contributed by atoms with Crippen molar-refractivity contribution in [1.29, 1.82) is 0 Å². The van der Waals surface area contributed by atoms with Crippen LogP contribution >= 0.6 is 0 Å². The van der Waals surface area contributed by atoms with Crippen LogP contribution in [0.1, 0.15) is 11.1 Å². The minimum atomic E-state index is -0.865. The van der Waals surface area contributed by atoms with E-state index in [4.69, 9.17) is 4.74 Å². The van der Waals surface area contributed by atoms with Crippen LogP contribution in [-0.2, 0) is 17.8 Å². The first-order chi connectivity index (χ1) is 18.9. The van der Waals surface area contributed by atoms with Gasteiger partial charge in [0.2, 0.25) is 0 Å². The maximum absolute atomic E-state index is 13.5. The van der Waals surface area contributed by atoms with Crippen molar-refractivity contribution in [3.8, 4) is 0 Å². The van der Waals surface area contributed by atoms with E-state index in [1.807, 2.05) is 0 Å². The van der Waals surface area contributed by atoms with Gasteiger partial charge in [-0.15, -0.1) is 0 Å². The zero-order valence-electron chi connectivity index (χ0n) is 21.7. The molecule has 0 amide bonds. The Morgan fingerprint density at radius 2 is 1.21 bits per heavy atom. The highest BCUT2D eigenvalue weighted by atomic mass is 19.1. The molecule has 2 aliphatic heterocycles. The third-order valence-corrected chi connectivity index (χ3v) is 7.65. The SMILES string of the molecule is OC[C@@H]1O[C@H](CN(Cc2ccc(F)cc2)Cc2ccc(F)cc2)[C@H](N2CCN(c3ccc(F)cc3)CC2)[C@@H]1O. The summed E-state index contributed by atoms with van der Waals surface area (Å²) in [6.45, 7) is 3.93.